The molecule has 0 atom stereocenters. The Kier molecular flexibility index (Phi) is 8.11. The zero-order chi connectivity index (χ0) is 25.2. The average Bonchev–Trinajstić information content (AvgIpc) is 2.70. The van der Waals surface area contributed by atoms with Crippen LogP contribution in [0.1, 0.15) is 56.1 Å². The molecule has 0 heterocycles. The quantitative estimate of drug-likeness (QED) is 0.585. The number of nitrogens with zero attached hydrogens (tertiary/aromatic N) is 1. The van der Waals surface area contributed by atoms with Gasteiger partial charge in [0.1, 0.15) is 0 Å². The third-order valence-corrected chi connectivity index (χ3v) is 8.79. The van der Waals surface area contributed by atoms with Gasteiger partial charge in [0, 0.05) is 30.7 Å². The predicted molar refractivity (Wildman–Crippen MR) is 129 cm³/mol. The van der Waals surface area contributed by atoms with E-state index in [9.17, 15) is 21.6 Å². The molecule has 0 aliphatic heterocycles. The van der Waals surface area contributed by atoms with E-state index in [1.165, 1.54) is 35.6 Å². The maximum atomic E-state index is 12.8. The molecule has 0 aliphatic carbocycles. The van der Waals surface area contributed by atoms with Gasteiger partial charge in [0.25, 0.3) is 5.91 Å². The first-order valence-corrected chi connectivity index (χ1v) is 13.5. The standard InChI is InChI=1S/C23H33N3O5S2/c1-16(2)26(7)33(30,31)19-12-9-18(10-13-19)15-24-22(27)21-14-20(11-8-17(21)3)32(28,29)25-23(4,5)6/h8-14,16,25H,15H2,1-7H3,(H,24,27). The summed E-state index contributed by atoms with van der Waals surface area (Å²) >= 11 is 0. The molecule has 182 valence electrons. The monoisotopic (exact) mass is 495 g/mol. The molecular weight excluding hydrogens is 462 g/mol. The van der Waals surface area contributed by atoms with Crippen molar-refractivity contribution in [3.8, 4) is 0 Å². The van der Waals surface area contributed by atoms with Gasteiger partial charge in [-0.15, -0.1) is 0 Å². The Morgan fingerprint density at radius 2 is 1.52 bits per heavy atom. The zero-order valence-corrected chi connectivity index (χ0v) is 21.8. The second-order valence-corrected chi connectivity index (χ2v) is 13.0. The Balaban J connectivity index is 2.17. The van der Waals surface area contributed by atoms with Crippen molar-refractivity contribution in [3.05, 3.63) is 59.2 Å². The largest absolute Gasteiger partial charge is 0.348 e. The fourth-order valence-corrected chi connectivity index (χ4v) is 5.79. The molecule has 0 radical (unpaired) electrons. The second kappa shape index (κ2) is 9.92. The molecule has 2 aromatic carbocycles. The maximum absolute atomic E-state index is 12.8. The van der Waals surface area contributed by atoms with E-state index in [4.69, 9.17) is 0 Å². The first kappa shape index (κ1) is 27.0. The highest BCUT2D eigenvalue weighted by molar-refractivity contribution is 7.89. The summed E-state index contributed by atoms with van der Waals surface area (Å²) in [5, 5.41) is 2.77. The van der Waals surface area contributed by atoms with Crippen LogP contribution in [0.15, 0.2) is 52.3 Å². The molecule has 1 amide bonds. The summed E-state index contributed by atoms with van der Waals surface area (Å²) < 4.78 is 54.3. The number of rotatable bonds is 8. The fraction of sp³-hybridized carbons (Fsp3) is 0.435. The van der Waals surface area contributed by atoms with Gasteiger partial charge in [-0.1, -0.05) is 18.2 Å². The molecule has 0 unspecified atom stereocenters. The minimum atomic E-state index is -3.78. The number of carbonyl (C=O) groups excluding carboxylic acids is 1. The summed E-state index contributed by atoms with van der Waals surface area (Å²) in [5.41, 5.74) is 0.950. The van der Waals surface area contributed by atoms with Gasteiger partial charge in [0.15, 0.2) is 0 Å². The van der Waals surface area contributed by atoms with Crippen molar-refractivity contribution in [1.82, 2.24) is 14.3 Å². The lowest BCUT2D eigenvalue weighted by Crippen LogP contribution is -2.40. The molecule has 0 bridgehead atoms. The maximum Gasteiger partial charge on any atom is 0.251 e. The Hall–Kier alpha value is -2.27. The van der Waals surface area contributed by atoms with Gasteiger partial charge < -0.3 is 5.32 Å². The van der Waals surface area contributed by atoms with Crippen LogP contribution >= 0.6 is 0 Å². The second-order valence-electron chi connectivity index (χ2n) is 9.27. The van der Waals surface area contributed by atoms with Crippen LogP contribution in [0.3, 0.4) is 0 Å². The molecule has 2 N–H and O–H groups in total. The predicted octanol–water partition coefficient (Wildman–Crippen LogP) is 3.03. The summed E-state index contributed by atoms with van der Waals surface area (Å²) in [6.07, 6.45) is 0. The minimum absolute atomic E-state index is 0.0111. The highest BCUT2D eigenvalue weighted by atomic mass is 32.2. The van der Waals surface area contributed by atoms with Crippen molar-refractivity contribution >= 4 is 26.0 Å². The van der Waals surface area contributed by atoms with Crippen LogP contribution in [-0.2, 0) is 26.6 Å². The van der Waals surface area contributed by atoms with E-state index in [1.807, 2.05) is 0 Å². The normalized spacial score (nSPS) is 12.9. The Morgan fingerprint density at radius 3 is 2.03 bits per heavy atom. The van der Waals surface area contributed by atoms with E-state index in [-0.39, 0.29) is 27.9 Å². The van der Waals surface area contributed by atoms with Crippen LogP contribution in [-0.4, -0.2) is 45.7 Å². The summed E-state index contributed by atoms with van der Waals surface area (Å²) in [5.74, 6) is -0.420. The molecule has 33 heavy (non-hydrogen) atoms. The van der Waals surface area contributed by atoms with Crippen molar-refractivity contribution in [1.29, 1.82) is 0 Å². The van der Waals surface area contributed by atoms with E-state index in [0.717, 1.165) is 0 Å². The Labute approximate surface area is 197 Å². The molecule has 0 spiro atoms. The van der Waals surface area contributed by atoms with Gasteiger partial charge >= 0.3 is 0 Å². The third-order valence-electron chi connectivity index (χ3n) is 4.99. The van der Waals surface area contributed by atoms with E-state index >= 15 is 0 Å². The van der Waals surface area contributed by atoms with Crippen molar-refractivity contribution in [2.24, 2.45) is 0 Å². The summed E-state index contributed by atoms with van der Waals surface area (Å²) in [6.45, 7) is 10.7. The fourth-order valence-electron chi connectivity index (χ4n) is 2.98. The van der Waals surface area contributed by atoms with Gasteiger partial charge in [-0.3, -0.25) is 4.79 Å². The van der Waals surface area contributed by atoms with Gasteiger partial charge in [0.05, 0.1) is 9.79 Å². The van der Waals surface area contributed by atoms with Crippen molar-refractivity contribution < 1.29 is 21.6 Å². The lowest BCUT2D eigenvalue weighted by molar-refractivity contribution is 0.0950. The van der Waals surface area contributed by atoms with Crippen LogP contribution in [0.4, 0.5) is 0 Å². The lowest BCUT2D eigenvalue weighted by Gasteiger charge is -2.21. The Bertz CT molecular complexity index is 1210. The summed E-state index contributed by atoms with van der Waals surface area (Å²) in [7, 11) is -5.83. The first-order chi connectivity index (χ1) is 15.0. The van der Waals surface area contributed by atoms with E-state index in [0.29, 0.717) is 11.1 Å². The van der Waals surface area contributed by atoms with Crippen LogP contribution in [0.5, 0.6) is 0 Å². The van der Waals surface area contributed by atoms with E-state index in [2.05, 4.69) is 10.0 Å². The smallest absolute Gasteiger partial charge is 0.251 e. The van der Waals surface area contributed by atoms with Gasteiger partial charge in [-0.05, 0) is 76.9 Å². The molecule has 0 saturated heterocycles. The molecule has 2 rings (SSSR count). The molecule has 8 nitrogen and oxygen atoms in total. The highest BCUT2D eigenvalue weighted by Gasteiger charge is 2.24. The molecular formula is C23H33N3O5S2. The summed E-state index contributed by atoms with van der Waals surface area (Å²) in [4.78, 5) is 13.0. The van der Waals surface area contributed by atoms with Crippen LogP contribution < -0.4 is 10.0 Å². The number of benzene rings is 2. The Morgan fingerprint density at radius 1 is 0.970 bits per heavy atom. The minimum Gasteiger partial charge on any atom is -0.348 e. The van der Waals surface area contributed by atoms with Crippen molar-refractivity contribution in [3.63, 3.8) is 0 Å². The number of carbonyl (C=O) groups is 1. The number of sulfonamides is 2. The highest BCUT2D eigenvalue weighted by Crippen LogP contribution is 2.19. The molecule has 0 saturated carbocycles. The van der Waals surface area contributed by atoms with Crippen LogP contribution in [0, 0.1) is 6.92 Å². The summed E-state index contributed by atoms with van der Waals surface area (Å²) in [6, 6.07) is 10.5. The zero-order valence-electron chi connectivity index (χ0n) is 20.1. The van der Waals surface area contributed by atoms with Crippen LogP contribution in [0.2, 0.25) is 0 Å². The van der Waals surface area contributed by atoms with Crippen molar-refractivity contribution in [2.45, 2.75) is 69.5 Å². The molecule has 0 fully saturated rings. The van der Waals surface area contributed by atoms with Crippen molar-refractivity contribution in [2.75, 3.05) is 7.05 Å². The molecule has 0 aromatic heterocycles. The number of amides is 1. The number of hydrogen-bond acceptors (Lipinski definition) is 5. The topological polar surface area (TPSA) is 113 Å². The lowest BCUT2D eigenvalue weighted by atomic mass is 10.1. The number of nitrogens with one attached hydrogen (secondary N) is 2. The van der Waals surface area contributed by atoms with E-state index < -0.39 is 31.5 Å². The van der Waals surface area contributed by atoms with Gasteiger partial charge in [0.2, 0.25) is 20.0 Å². The SMILES string of the molecule is Cc1ccc(S(=O)(=O)NC(C)(C)C)cc1C(=O)NCc1ccc(S(=O)(=O)N(C)C(C)C)cc1. The third kappa shape index (κ3) is 6.86. The average molecular weight is 496 g/mol. The molecule has 0 aliphatic rings. The van der Waals surface area contributed by atoms with Gasteiger partial charge in [-0.2, -0.15) is 4.31 Å². The molecule has 2 aromatic rings. The molecule has 10 heteroatoms. The first-order valence-electron chi connectivity index (χ1n) is 10.5. The van der Waals surface area contributed by atoms with Gasteiger partial charge in [-0.25, -0.2) is 21.6 Å². The number of aryl methyl sites for hydroxylation is 1. The number of hydrogen-bond donors (Lipinski definition) is 2. The van der Waals surface area contributed by atoms with Crippen LogP contribution in [0.25, 0.3) is 0 Å². The van der Waals surface area contributed by atoms with E-state index in [1.54, 1.807) is 59.7 Å².